The van der Waals surface area contributed by atoms with E-state index >= 15 is 0 Å². The summed E-state index contributed by atoms with van der Waals surface area (Å²) in [7, 11) is 6.30. The Morgan fingerprint density at radius 1 is 0.935 bits per heavy atom. The van der Waals surface area contributed by atoms with Crippen molar-refractivity contribution in [3.8, 4) is 23.0 Å². The first kappa shape index (κ1) is 24.9. The summed E-state index contributed by atoms with van der Waals surface area (Å²) < 4.78 is 21.4. The number of halogens is 1. The molecule has 0 radical (unpaired) electrons. The molecule has 0 fully saturated rings. The molecule has 168 valence electrons. The summed E-state index contributed by atoms with van der Waals surface area (Å²) in [6.07, 6.45) is 1.03. The summed E-state index contributed by atoms with van der Waals surface area (Å²) in [5.41, 5.74) is 1.36. The van der Waals surface area contributed by atoms with Crippen LogP contribution in [0.25, 0.3) is 0 Å². The highest BCUT2D eigenvalue weighted by atomic mass is 79.9. The first-order valence-electron chi connectivity index (χ1n) is 9.53. The van der Waals surface area contributed by atoms with Gasteiger partial charge >= 0.3 is 0 Å². The molecule has 1 aliphatic rings. The fraction of sp³-hybridized carbons (Fsp3) is 0.364. The highest BCUT2D eigenvalue weighted by molar-refractivity contribution is 8.93. The summed E-state index contributed by atoms with van der Waals surface area (Å²) in [4.78, 5) is 19.7. The predicted octanol–water partition coefficient (Wildman–Crippen LogP) is 4.48. The lowest BCUT2D eigenvalue weighted by atomic mass is 10.1. The third-order valence-corrected chi connectivity index (χ3v) is 5.80. The van der Waals surface area contributed by atoms with E-state index in [4.69, 9.17) is 18.9 Å². The van der Waals surface area contributed by atoms with E-state index in [-0.39, 0.29) is 29.3 Å². The number of hydrogen-bond donors (Lipinski definition) is 0. The van der Waals surface area contributed by atoms with Gasteiger partial charge in [-0.3, -0.25) is 9.79 Å². The van der Waals surface area contributed by atoms with Gasteiger partial charge in [0.05, 0.1) is 35.0 Å². The van der Waals surface area contributed by atoms with Gasteiger partial charge in [-0.1, -0.05) is 11.8 Å². The van der Waals surface area contributed by atoms with Crippen molar-refractivity contribution in [1.29, 1.82) is 0 Å². The van der Waals surface area contributed by atoms with Crippen LogP contribution in [0.2, 0.25) is 0 Å². The second kappa shape index (κ2) is 11.9. The highest BCUT2D eigenvalue weighted by Crippen LogP contribution is 2.34. The molecule has 0 aliphatic carbocycles. The number of carbonyl (C=O) groups is 1. The van der Waals surface area contributed by atoms with Crippen molar-refractivity contribution in [3.63, 3.8) is 0 Å². The molecule has 9 heteroatoms. The smallest absolute Gasteiger partial charge is 0.182 e. The van der Waals surface area contributed by atoms with Crippen LogP contribution in [-0.2, 0) is 0 Å². The average Bonchev–Trinajstić information content (AvgIpc) is 2.81. The van der Waals surface area contributed by atoms with Crippen molar-refractivity contribution in [1.82, 2.24) is 0 Å². The number of carbonyl (C=O) groups excluding carboxylic acids is 1. The Balaban J connectivity index is 0.00000341. The van der Waals surface area contributed by atoms with E-state index in [2.05, 4.69) is 4.99 Å². The highest BCUT2D eigenvalue weighted by Gasteiger charge is 2.22. The largest absolute Gasteiger partial charge is 0.493 e. The number of thioether (sulfide) groups is 1. The van der Waals surface area contributed by atoms with Crippen LogP contribution in [0.1, 0.15) is 16.8 Å². The van der Waals surface area contributed by atoms with Crippen molar-refractivity contribution in [2.45, 2.75) is 6.42 Å². The molecular formula is C22H27BrN2O5S. The standard InChI is InChI=1S/C22H26N2O5S.BrH/c1-26-18-8-6-15(12-20(18)28-3)17(25)14-24(22-23-10-5-11-30-22)16-7-9-19(27-2)21(13-16)29-4;/h6-9,12-13H,5,10-11,14H2,1-4H3;1H. The number of anilines is 1. The van der Waals surface area contributed by atoms with E-state index < -0.39 is 0 Å². The van der Waals surface area contributed by atoms with E-state index in [9.17, 15) is 4.79 Å². The number of nitrogens with zero attached hydrogens (tertiary/aromatic N) is 2. The fourth-order valence-corrected chi connectivity index (χ4v) is 4.08. The normalized spacial score (nSPS) is 12.8. The molecule has 2 aromatic rings. The van der Waals surface area contributed by atoms with Gasteiger partial charge in [-0.2, -0.15) is 0 Å². The maximum Gasteiger partial charge on any atom is 0.182 e. The Morgan fingerprint density at radius 2 is 1.55 bits per heavy atom. The zero-order valence-corrected chi connectivity index (χ0v) is 20.6. The summed E-state index contributed by atoms with van der Waals surface area (Å²) in [5, 5.41) is 0.822. The van der Waals surface area contributed by atoms with Crippen LogP contribution < -0.4 is 23.8 Å². The van der Waals surface area contributed by atoms with Gasteiger partial charge in [0.25, 0.3) is 0 Å². The van der Waals surface area contributed by atoms with Crippen LogP contribution in [0.3, 0.4) is 0 Å². The van der Waals surface area contributed by atoms with Gasteiger partial charge in [-0.05, 0) is 36.8 Å². The maximum atomic E-state index is 13.2. The van der Waals surface area contributed by atoms with Gasteiger partial charge in [0.1, 0.15) is 0 Å². The SMILES string of the molecule is Br.COc1ccc(C(=O)CN(C2=NCCCS2)c2ccc(OC)c(OC)c2)cc1OC. The minimum absolute atomic E-state index is 0. The van der Waals surface area contributed by atoms with Crippen molar-refractivity contribution in [2.24, 2.45) is 4.99 Å². The lowest BCUT2D eigenvalue weighted by molar-refractivity contribution is 0.100. The molecule has 0 saturated carbocycles. The molecule has 2 aromatic carbocycles. The zero-order valence-electron chi connectivity index (χ0n) is 18.0. The molecule has 0 amide bonds. The first-order valence-corrected chi connectivity index (χ1v) is 10.5. The van der Waals surface area contributed by atoms with Crippen LogP contribution in [0.4, 0.5) is 5.69 Å². The summed E-state index contributed by atoms with van der Waals surface area (Å²) in [5.74, 6) is 3.24. The fourth-order valence-electron chi connectivity index (χ4n) is 3.12. The van der Waals surface area contributed by atoms with Gasteiger partial charge in [0.2, 0.25) is 0 Å². The quantitative estimate of drug-likeness (QED) is 0.484. The van der Waals surface area contributed by atoms with E-state index in [1.54, 1.807) is 58.4 Å². The van der Waals surface area contributed by atoms with Crippen LogP contribution >= 0.6 is 28.7 Å². The lowest BCUT2D eigenvalue weighted by Gasteiger charge is -2.27. The summed E-state index contributed by atoms with van der Waals surface area (Å²) in [6, 6.07) is 10.8. The van der Waals surface area contributed by atoms with Crippen LogP contribution in [0.15, 0.2) is 41.4 Å². The van der Waals surface area contributed by atoms with Crippen molar-refractivity contribution < 1.29 is 23.7 Å². The number of methoxy groups -OCH3 is 4. The molecule has 0 spiro atoms. The first-order chi connectivity index (χ1) is 14.6. The monoisotopic (exact) mass is 510 g/mol. The number of benzene rings is 2. The molecule has 1 heterocycles. The lowest BCUT2D eigenvalue weighted by Crippen LogP contribution is -2.35. The van der Waals surface area contributed by atoms with Crippen molar-refractivity contribution in [3.05, 3.63) is 42.0 Å². The molecule has 0 N–H and O–H groups in total. The Labute approximate surface area is 197 Å². The van der Waals surface area contributed by atoms with Gasteiger partial charge in [-0.25, -0.2) is 0 Å². The van der Waals surface area contributed by atoms with E-state index in [0.717, 1.165) is 29.6 Å². The molecule has 31 heavy (non-hydrogen) atoms. The molecule has 0 atom stereocenters. The van der Waals surface area contributed by atoms with Crippen LogP contribution in [-0.4, -0.2) is 58.2 Å². The predicted molar refractivity (Wildman–Crippen MR) is 130 cm³/mol. The Morgan fingerprint density at radius 3 is 2.13 bits per heavy atom. The average molecular weight is 511 g/mol. The number of hydrogen-bond acceptors (Lipinski definition) is 8. The molecule has 1 aliphatic heterocycles. The zero-order chi connectivity index (χ0) is 21.5. The van der Waals surface area contributed by atoms with Gasteiger partial charge in [-0.15, -0.1) is 17.0 Å². The molecule has 0 aromatic heterocycles. The summed E-state index contributed by atoms with van der Waals surface area (Å²) >= 11 is 1.65. The molecule has 7 nitrogen and oxygen atoms in total. The Kier molecular flexibility index (Phi) is 9.51. The van der Waals surface area contributed by atoms with Gasteiger partial charge < -0.3 is 23.8 Å². The number of Topliss-reactive ketones (excluding diaryl/α,β-unsaturated/α-hetero) is 1. The summed E-state index contributed by atoms with van der Waals surface area (Å²) in [6.45, 7) is 0.882. The van der Waals surface area contributed by atoms with Gasteiger partial charge in [0.15, 0.2) is 33.9 Å². The number of ether oxygens (including phenoxy) is 4. The maximum absolute atomic E-state index is 13.2. The Hall–Kier alpha value is -2.39. The topological polar surface area (TPSA) is 69.6 Å². The van der Waals surface area contributed by atoms with E-state index in [0.29, 0.717) is 28.6 Å². The minimum atomic E-state index is -0.0559. The Bertz CT molecular complexity index is 938. The van der Waals surface area contributed by atoms with Gasteiger partial charge in [0, 0.05) is 29.6 Å². The third-order valence-electron chi connectivity index (χ3n) is 4.70. The van der Waals surface area contributed by atoms with Crippen molar-refractivity contribution in [2.75, 3.05) is 52.2 Å². The van der Waals surface area contributed by atoms with E-state index in [1.807, 2.05) is 23.1 Å². The number of amidine groups is 1. The molecular weight excluding hydrogens is 484 g/mol. The van der Waals surface area contributed by atoms with Crippen molar-refractivity contribution >= 4 is 45.4 Å². The van der Waals surface area contributed by atoms with E-state index in [1.165, 1.54) is 0 Å². The molecule has 0 unspecified atom stereocenters. The molecule has 0 bridgehead atoms. The van der Waals surface area contributed by atoms with Crippen LogP contribution in [0.5, 0.6) is 23.0 Å². The van der Waals surface area contributed by atoms with Crippen LogP contribution in [0, 0.1) is 0 Å². The number of aliphatic imine (C=N–C) groups is 1. The second-order valence-electron chi connectivity index (χ2n) is 6.48. The molecule has 3 rings (SSSR count). The molecule has 0 saturated heterocycles. The number of ketones is 1. The minimum Gasteiger partial charge on any atom is -0.493 e. The number of rotatable bonds is 8. The third kappa shape index (κ3) is 5.86. The second-order valence-corrected chi connectivity index (χ2v) is 7.55.